The molecule has 19 heavy (non-hydrogen) atoms. The van der Waals surface area contributed by atoms with Gasteiger partial charge >= 0.3 is 0 Å². The van der Waals surface area contributed by atoms with Gasteiger partial charge in [-0.25, -0.2) is 0 Å². The minimum atomic E-state index is 0.230. The summed E-state index contributed by atoms with van der Waals surface area (Å²) >= 11 is 0. The van der Waals surface area contributed by atoms with Crippen molar-refractivity contribution < 1.29 is 0 Å². The van der Waals surface area contributed by atoms with Crippen LogP contribution in [-0.4, -0.2) is 13.1 Å². The molecule has 0 unspecified atom stereocenters. The lowest BCUT2D eigenvalue weighted by Crippen LogP contribution is -2.14. The molecule has 1 heterocycles. The summed E-state index contributed by atoms with van der Waals surface area (Å²) in [5, 5.41) is 3.47. The van der Waals surface area contributed by atoms with E-state index < -0.39 is 0 Å². The van der Waals surface area contributed by atoms with Crippen LogP contribution in [0.5, 0.6) is 0 Å². The first kappa shape index (κ1) is 14.3. The zero-order chi connectivity index (χ0) is 14.0. The molecule has 0 atom stereocenters. The molecule has 1 nitrogen and oxygen atoms in total. The van der Waals surface area contributed by atoms with E-state index in [0.29, 0.717) is 0 Å². The monoisotopic (exact) mass is 257 g/mol. The average molecular weight is 257 g/mol. The van der Waals surface area contributed by atoms with Crippen LogP contribution < -0.4 is 5.32 Å². The zero-order valence-corrected chi connectivity index (χ0v) is 13.1. The second-order valence-corrected chi connectivity index (χ2v) is 6.75. The summed E-state index contributed by atoms with van der Waals surface area (Å²) in [4.78, 5) is 0. The Morgan fingerprint density at radius 3 is 2.21 bits per heavy atom. The van der Waals surface area contributed by atoms with Crippen molar-refractivity contribution in [3.8, 4) is 0 Å². The molecule has 0 saturated heterocycles. The largest absolute Gasteiger partial charge is 0.316 e. The van der Waals surface area contributed by atoms with Crippen molar-refractivity contribution in [2.75, 3.05) is 13.1 Å². The van der Waals surface area contributed by atoms with Gasteiger partial charge in [-0.05, 0) is 73.0 Å². The lowest BCUT2D eigenvalue weighted by Gasteiger charge is -2.23. The molecule has 0 aliphatic carbocycles. The first-order chi connectivity index (χ1) is 8.89. The molecule has 1 aliphatic rings. The van der Waals surface area contributed by atoms with E-state index in [0.717, 1.165) is 25.9 Å². The van der Waals surface area contributed by atoms with Crippen molar-refractivity contribution in [1.29, 1.82) is 0 Å². The average Bonchev–Trinajstić information content (AvgIpc) is 2.55. The second kappa shape index (κ2) is 5.50. The molecule has 0 fully saturated rings. The van der Waals surface area contributed by atoms with E-state index >= 15 is 0 Å². The highest BCUT2D eigenvalue weighted by Crippen LogP contribution is 2.32. The van der Waals surface area contributed by atoms with Crippen LogP contribution >= 0.6 is 0 Å². The maximum Gasteiger partial charge on any atom is -0.000812 e. The Kier molecular flexibility index (Phi) is 4.15. The highest BCUT2D eigenvalue weighted by molar-refractivity contribution is 5.71. The maximum atomic E-state index is 3.47. The molecule has 0 radical (unpaired) electrons. The normalized spacial score (nSPS) is 17.0. The molecule has 1 aromatic carbocycles. The third-order valence-electron chi connectivity index (χ3n) is 4.00. The van der Waals surface area contributed by atoms with Gasteiger partial charge in [0, 0.05) is 0 Å². The van der Waals surface area contributed by atoms with Gasteiger partial charge in [0.2, 0.25) is 0 Å². The van der Waals surface area contributed by atoms with Crippen LogP contribution in [0.3, 0.4) is 0 Å². The molecule has 0 aromatic heterocycles. The summed E-state index contributed by atoms with van der Waals surface area (Å²) in [5.74, 6) is 0. The van der Waals surface area contributed by atoms with Crippen LogP contribution in [0.2, 0.25) is 0 Å². The Balaban J connectivity index is 2.44. The molecule has 0 spiro atoms. The molecular formula is C18H27N. The highest BCUT2D eigenvalue weighted by Gasteiger charge is 2.17. The van der Waals surface area contributed by atoms with E-state index in [4.69, 9.17) is 0 Å². The van der Waals surface area contributed by atoms with Gasteiger partial charge in [-0.15, -0.1) is 0 Å². The summed E-state index contributed by atoms with van der Waals surface area (Å²) in [6.45, 7) is 13.6. The quantitative estimate of drug-likeness (QED) is 0.788. The fraction of sp³-hybridized carbons (Fsp3) is 0.556. The highest BCUT2D eigenvalue weighted by atomic mass is 14.8. The lowest BCUT2D eigenvalue weighted by atomic mass is 9.82. The number of aryl methyl sites for hydroxylation is 2. The molecule has 1 aliphatic heterocycles. The summed E-state index contributed by atoms with van der Waals surface area (Å²) < 4.78 is 0. The van der Waals surface area contributed by atoms with Crippen molar-refractivity contribution >= 4 is 5.57 Å². The van der Waals surface area contributed by atoms with Crippen molar-refractivity contribution in [2.24, 2.45) is 0 Å². The third kappa shape index (κ3) is 3.27. The Morgan fingerprint density at radius 1 is 1.00 bits per heavy atom. The van der Waals surface area contributed by atoms with Gasteiger partial charge in [0.1, 0.15) is 0 Å². The molecule has 0 bridgehead atoms. The van der Waals surface area contributed by atoms with Crippen LogP contribution in [0.4, 0.5) is 0 Å². The van der Waals surface area contributed by atoms with Crippen LogP contribution in [0.15, 0.2) is 18.2 Å². The first-order valence-corrected chi connectivity index (χ1v) is 7.41. The standard InChI is InChI=1S/C18H27N/c1-13-11-16(18(3,4)5)12-14(2)17(13)15-7-6-9-19-10-8-15/h7,11-12,19H,6,8-10H2,1-5H3. The van der Waals surface area contributed by atoms with Gasteiger partial charge in [-0.1, -0.05) is 39.0 Å². The topological polar surface area (TPSA) is 12.0 Å². The fourth-order valence-electron chi connectivity index (χ4n) is 2.93. The predicted octanol–water partition coefficient (Wildman–Crippen LogP) is 4.37. The Labute approximate surface area is 118 Å². The van der Waals surface area contributed by atoms with Gasteiger partial charge in [0.15, 0.2) is 0 Å². The molecule has 1 aromatic rings. The Bertz CT molecular complexity index is 466. The maximum absolute atomic E-state index is 3.47. The van der Waals surface area contributed by atoms with E-state index in [-0.39, 0.29) is 5.41 Å². The SMILES string of the molecule is Cc1cc(C(C)(C)C)cc(C)c1C1=CCCNCC1. The summed E-state index contributed by atoms with van der Waals surface area (Å²) in [6, 6.07) is 4.75. The predicted molar refractivity (Wildman–Crippen MR) is 84.7 cm³/mol. The van der Waals surface area contributed by atoms with Crippen LogP contribution in [0, 0.1) is 13.8 Å². The van der Waals surface area contributed by atoms with Gasteiger partial charge in [-0.2, -0.15) is 0 Å². The van der Waals surface area contributed by atoms with Gasteiger partial charge in [-0.3, -0.25) is 0 Å². The third-order valence-corrected chi connectivity index (χ3v) is 4.00. The summed E-state index contributed by atoms with van der Waals surface area (Å²) in [5.41, 5.74) is 7.54. The van der Waals surface area contributed by atoms with E-state index in [1.165, 1.54) is 27.8 Å². The zero-order valence-electron chi connectivity index (χ0n) is 13.1. The van der Waals surface area contributed by atoms with Crippen LogP contribution in [0.1, 0.15) is 55.9 Å². The minimum absolute atomic E-state index is 0.230. The number of nitrogens with one attached hydrogen (secondary N) is 1. The fourth-order valence-corrected chi connectivity index (χ4v) is 2.93. The molecule has 0 amide bonds. The number of hydrogen-bond donors (Lipinski definition) is 1. The Morgan fingerprint density at radius 2 is 1.63 bits per heavy atom. The van der Waals surface area contributed by atoms with E-state index in [1.807, 2.05) is 0 Å². The molecule has 2 rings (SSSR count). The van der Waals surface area contributed by atoms with Crippen molar-refractivity contribution in [3.05, 3.63) is 40.5 Å². The van der Waals surface area contributed by atoms with Gasteiger partial charge in [0.05, 0.1) is 0 Å². The van der Waals surface area contributed by atoms with Crippen molar-refractivity contribution in [1.82, 2.24) is 5.32 Å². The molecule has 1 N–H and O–H groups in total. The minimum Gasteiger partial charge on any atom is -0.316 e. The van der Waals surface area contributed by atoms with E-state index in [9.17, 15) is 0 Å². The van der Waals surface area contributed by atoms with Crippen LogP contribution in [-0.2, 0) is 5.41 Å². The smallest absolute Gasteiger partial charge is 0.000812 e. The first-order valence-electron chi connectivity index (χ1n) is 7.41. The second-order valence-electron chi connectivity index (χ2n) is 6.75. The summed E-state index contributed by atoms with van der Waals surface area (Å²) in [6.07, 6.45) is 4.72. The van der Waals surface area contributed by atoms with Crippen molar-refractivity contribution in [2.45, 2.75) is 52.9 Å². The molecule has 104 valence electrons. The molecular weight excluding hydrogens is 230 g/mol. The van der Waals surface area contributed by atoms with E-state index in [1.54, 1.807) is 0 Å². The molecule has 1 heteroatoms. The number of benzene rings is 1. The van der Waals surface area contributed by atoms with Crippen molar-refractivity contribution in [3.63, 3.8) is 0 Å². The van der Waals surface area contributed by atoms with Gasteiger partial charge in [0.25, 0.3) is 0 Å². The van der Waals surface area contributed by atoms with Gasteiger partial charge < -0.3 is 5.32 Å². The summed E-state index contributed by atoms with van der Waals surface area (Å²) in [7, 11) is 0. The van der Waals surface area contributed by atoms with Crippen LogP contribution in [0.25, 0.3) is 5.57 Å². The number of hydrogen-bond acceptors (Lipinski definition) is 1. The lowest BCUT2D eigenvalue weighted by molar-refractivity contribution is 0.589. The Hall–Kier alpha value is -1.08. The number of rotatable bonds is 1. The molecule has 0 saturated carbocycles. The van der Waals surface area contributed by atoms with E-state index in [2.05, 4.69) is 58.1 Å².